The summed E-state index contributed by atoms with van der Waals surface area (Å²) < 4.78 is 0. The second kappa shape index (κ2) is 6.74. The van der Waals surface area contributed by atoms with Gasteiger partial charge in [0.15, 0.2) is 0 Å². The van der Waals surface area contributed by atoms with Gasteiger partial charge >= 0.3 is 0 Å². The number of benzene rings is 2. The molecule has 0 radical (unpaired) electrons. The average Bonchev–Trinajstić information content (AvgIpc) is 2.49. The van der Waals surface area contributed by atoms with E-state index in [4.69, 9.17) is 5.11 Å². The number of aliphatic hydroxyl groups excluding tert-OH is 1. The standard InChI is InChI=1S/C18H17NO2/c1-13-5-3-7-17(14(13)2)18(21)19-16-10-8-15(9-11-16)6-4-12-20/h3,5,7-11,20H,12H2,1-2H3,(H,19,21). The van der Waals surface area contributed by atoms with Crippen molar-refractivity contribution in [3.63, 3.8) is 0 Å². The van der Waals surface area contributed by atoms with Crippen molar-refractivity contribution >= 4 is 11.6 Å². The number of carbonyl (C=O) groups excluding carboxylic acids is 1. The molecule has 21 heavy (non-hydrogen) atoms. The number of amides is 1. The first-order valence-corrected chi connectivity index (χ1v) is 6.69. The predicted molar refractivity (Wildman–Crippen MR) is 84.3 cm³/mol. The SMILES string of the molecule is Cc1cccc(C(=O)Nc2ccc(C#CCO)cc2)c1C. The van der Waals surface area contributed by atoms with Crippen LogP contribution in [-0.2, 0) is 0 Å². The lowest BCUT2D eigenvalue weighted by Gasteiger charge is -2.09. The highest BCUT2D eigenvalue weighted by Gasteiger charge is 2.10. The monoisotopic (exact) mass is 279 g/mol. The molecule has 0 saturated carbocycles. The number of aliphatic hydroxyl groups is 1. The summed E-state index contributed by atoms with van der Waals surface area (Å²) in [7, 11) is 0. The van der Waals surface area contributed by atoms with Crippen LogP contribution >= 0.6 is 0 Å². The van der Waals surface area contributed by atoms with Gasteiger partial charge in [-0.15, -0.1) is 0 Å². The molecule has 2 N–H and O–H groups in total. The van der Waals surface area contributed by atoms with Crippen LogP contribution in [-0.4, -0.2) is 17.6 Å². The molecule has 0 aliphatic heterocycles. The summed E-state index contributed by atoms with van der Waals surface area (Å²) in [6, 6.07) is 12.9. The van der Waals surface area contributed by atoms with E-state index in [-0.39, 0.29) is 12.5 Å². The topological polar surface area (TPSA) is 49.3 Å². The quantitative estimate of drug-likeness (QED) is 0.830. The van der Waals surface area contributed by atoms with Crippen LogP contribution in [0.2, 0.25) is 0 Å². The molecule has 0 bridgehead atoms. The van der Waals surface area contributed by atoms with Gasteiger partial charge in [-0.25, -0.2) is 0 Å². The van der Waals surface area contributed by atoms with E-state index in [1.165, 1.54) is 0 Å². The molecule has 0 aliphatic rings. The lowest BCUT2D eigenvalue weighted by molar-refractivity contribution is 0.102. The third-order valence-corrected chi connectivity index (χ3v) is 3.30. The van der Waals surface area contributed by atoms with E-state index >= 15 is 0 Å². The fourth-order valence-electron chi connectivity index (χ4n) is 1.97. The van der Waals surface area contributed by atoms with Crippen molar-refractivity contribution in [2.24, 2.45) is 0 Å². The molecule has 0 aromatic heterocycles. The number of carbonyl (C=O) groups is 1. The molecular weight excluding hydrogens is 262 g/mol. The van der Waals surface area contributed by atoms with Crippen LogP contribution < -0.4 is 5.32 Å². The Hall–Kier alpha value is -2.57. The first-order valence-electron chi connectivity index (χ1n) is 6.69. The van der Waals surface area contributed by atoms with Crippen molar-refractivity contribution in [1.82, 2.24) is 0 Å². The molecule has 0 saturated heterocycles. The summed E-state index contributed by atoms with van der Waals surface area (Å²) in [6.45, 7) is 3.77. The van der Waals surface area contributed by atoms with Crippen LogP contribution in [0.4, 0.5) is 5.69 Å². The van der Waals surface area contributed by atoms with Gasteiger partial charge in [-0.1, -0.05) is 24.0 Å². The van der Waals surface area contributed by atoms with Gasteiger partial charge in [-0.3, -0.25) is 4.79 Å². The lowest BCUT2D eigenvalue weighted by Crippen LogP contribution is -2.13. The van der Waals surface area contributed by atoms with Gasteiger partial charge < -0.3 is 10.4 Å². The van der Waals surface area contributed by atoms with E-state index in [0.29, 0.717) is 5.56 Å². The minimum atomic E-state index is -0.162. The van der Waals surface area contributed by atoms with Crippen molar-refractivity contribution in [2.45, 2.75) is 13.8 Å². The zero-order valence-corrected chi connectivity index (χ0v) is 12.1. The molecular formula is C18H17NO2. The Balaban J connectivity index is 2.14. The van der Waals surface area contributed by atoms with Crippen LogP contribution in [0, 0.1) is 25.7 Å². The van der Waals surface area contributed by atoms with Crippen LogP contribution in [0.1, 0.15) is 27.0 Å². The number of nitrogens with one attached hydrogen (secondary N) is 1. The molecule has 3 heteroatoms. The van der Waals surface area contributed by atoms with Crippen LogP contribution in [0.15, 0.2) is 42.5 Å². The number of hydrogen-bond donors (Lipinski definition) is 2. The van der Waals surface area contributed by atoms with Crippen molar-refractivity contribution in [1.29, 1.82) is 0 Å². The van der Waals surface area contributed by atoms with Crippen molar-refractivity contribution in [3.05, 3.63) is 64.7 Å². The first kappa shape index (κ1) is 14.8. The minimum Gasteiger partial charge on any atom is -0.384 e. The smallest absolute Gasteiger partial charge is 0.255 e. The number of aryl methyl sites for hydroxylation is 1. The molecule has 0 unspecified atom stereocenters. The van der Waals surface area contributed by atoms with Crippen LogP contribution in [0.3, 0.4) is 0 Å². The van der Waals surface area contributed by atoms with Gasteiger partial charge in [0.05, 0.1) is 0 Å². The van der Waals surface area contributed by atoms with Crippen molar-refractivity contribution < 1.29 is 9.90 Å². The van der Waals surface area contributed by atoms with Gasteiger partial charge in [0, 0.05) is 16.8 Å². The maximum absolute atomic E-state index is 12.3. The van der Waals surface area contributed by atoms with Gasteiger partial charge in [0.2, 0.25) is 0 Å². The molecule has 3 nitrogen and oxygen atoms in total. The van der Waals surface area contributed by atoms with E-state index in [2.05, 4.69) is 17.2 Å². The van der Waals surface area contributed by atoms with Crippen molar-refractivity contribution in [3.8, 4) is 11.8 Å². The molecule has 2 aromatic rings. The number of anilines is 1. The third-order valence-electron chi connectivity index (χ3n) is 3.30. The molecule has 0 fully saturated rings. The molecule has 2 aromatic carbocycles. The zero-order valence-electron chi connectivity index (χ0n) is 12.1. The predicted octanol–water partition coefficient (Wildman–Crippen LogP) is 2.90. The Morgan fingerprint density at radius 3 is 2.52 bits per heavy atom. The maximum Gasteiger partial charge on any atom is 0.255 e. The van der Waals surface area contributed by atoms with Gasteiger partial charge in [0.1, 0.15) is 6.61 Å². The molecule has 0 heterocycles. The second-order valence-corrected chi connectivity index (χ2v) is 4.74. The Morgan fingerprint density at radius 2 is 1.86 bits per heavy atom. The Labute approximate surface area is 124 Å². The number of rotatable bonds is 2. The fourth-order valence-corrected chi connectivity index (χ4v) is 1.97. The van der Waals surface area contributed by atoms with E-state index in [9.17, 15) is 4.79 Å². The Kier molecular flexibility index (Phi) is 4.76. The van der Waals surface area contributed by atoms with Gasteiger partial charge in [0.25, 0.3) is 5.91 Å². The first-order chi connectivity index (χ1) is 10.1. The molecule has 0 spiro atoms. The van der Waals surface area contributed by atoms with Crippen LogP contribution in [0.5, 0.6) is 0 Å². The fraction of sp³-hybridized carbons (Fsp3) is 0.167. The van der Waals surface area contributed by atoms with Crippen LogP contribution in [0.25, 0.3) is 0 Å². The molecule has 1 amide bonds. The minimum absolute atomic E-state index is 0.120. The van der Waals surface area contributed by atoms with E-state index in [1.54, 1.807) is 24.3 Å². The Morgan fingerprint density at radius 1 is 1.14 bits per heavy atom. The van der Waals surface area contributed by atoms with Gasteiger partial charge in [-0.2, -0.15) is 0 Å². The average molecular weight is 279 g/mol. The third kappa shape index (κ3) is 3.71. The number of hydrogen-bond acceptors (Lipinski definition) is 2. The van der Waals surface area contributed by atoms with E-state index in [1.807, 2.05) is 32.0 Å². The highest BCUT2D eigenvalue weighted by Crippen LogP contribution is 2.15. The molecule has 0 aliphatic carbocycles. The summed E-state index contributed by atoms with van der Waals surface area (Å²) in [5.41, 5.74) is 4.28. The van der Waals surface area contributed by atoms with Gasteiger partial charge in [-0.05, 0) is 55.3 Å². The summed E-state index contributed by atoms with van der Waals surface area (Å²) >= 11 is 0. The maximum atomic E-state index is 12.3. The van der Waals surface area contributed by atoms with E-state index < -0.39 is 0 Å². The second-order valence-electron chi connectivity index (χ2n) is 4.74. The normalized spacial score (nSPS) is 9.67. The van der Waals surface area contributed by atoms with E-state index in [0.717, 1.165) is 22.4 Å². The Bertz CT molecular complexity index is 706. The highest BCUT2D eigenvalue weighted by molar-refractivity contribution is 6.05. The summed E-state index contributed by atoms with van der Waals surface area (Å²) in [4.78, 5) is 12.3. The largest absolute Gasteiger partial charge is 0.384 e. The summed E-state index contributed by atoms with van der Waals surface area (Å²) in [6.07, 6.45) is 0. The van der Waals surface area contributed by atoms with Crippen molar-refractivity contribution in [2.75, 3.05) is 11.9 Å². The summed E-state index contributed by atoms with van der Waals surface area (Å²) in [5, 5.41) is 11.5. The highest BCUT2D eigenvalue weighted by atomic mass is 16.2. The summed E-state index contributed by atoms with van der Waals surface area (Å²) in [5.74, 6) is 5.27. The molecule has 2 rings (SSSR count). The zero-order chi connectivity index (χ0) is 15.2. The lowest BCUT2D eigenvalue weighted by atomic mass is 10.0. The molecule has 0 atom stereocenters. The molecule has 106 valence electrons.